The van der Waals surface area contributed by atoms with Gasteiger partial charge in [-0.2, -0.15) is 0 Å². The summed E-state index contributed by atoms with van der Waals surface area (Å²) >= 11 is 6.17. The van der Waals surface area contributed by atoms with Crippen molar-refractivity contribution in [1.29, 1.82) is 0 Å². The molecule has 1 aromatic carbocycles. The van der Waals surface area contributed by atoms with Crippen molar-refractivity contribution in [2.75, 3.05) is 12.4 Å². The summed E-state index contributed by atoms with van der Waals surface area (Å²) in [5, 5.41) is 3.81. The molecule has 0 amide bonds. The van der Waals surface area contributed by atoms with Crippen LogP contribution in [-0.4, -0.2) is 17.1 Å². The lowest BCUT2D eigenvalue weighted by atomic mass is 10.1. The molecule has 0 aliphatic rings. The van der Waals surface area contributed by atoms with E-state index in [9.17, 15) is 0 Å². The molecule has 1 N–H and O–H groups in total. The minimum atomic E-state index is 0.241. The van der Waals surface area contributed by atoms with Crippen molar-refractivity contribution in [1.82, 2.24) is 9.97 Å². The van der Waals surface area contributed by atoms with Gasteiger partial charge in [-0.25, -0.2) is 9.97 Å². The molecule has 0 saturated carbocycles. The Morgan fingerprint density at radius 3 is 2.60 bits per heavy atom. The predicted octanol–water partition coefficient (Wildman–Crippen LogP) is 4.31. The van der Waals surface area contributed by atoms with E-state index in [1.54, 1.807) is 7.11 Å². The fourth-order valence-electron chi connectivity index (χ4n) is 2.02. The van der Waals surface area contributed by atoms with Gasteiger partial charge in [-0.05, 0) is 36.6 Å². The van der Waals surface area contributed by atoms with E-state index in [1.807, 2.05) is 25.1 Å². The molecule has 2 aromatic rings. The lowest BCUT2D eigenvalue weighted by Gasteiger charge is -2.16. The summed E-state index contributed by atoms with van der Waals surface area (Å²) in [6.07, 6.45) is 1.47. The van der Waals surface area contributed by atoms with E-state index in [2.05, 4.69) is 29.1 Å². The third kappa shape index (κ3) is 3.02. The summed E-state index contributed by atoms with van der Waals surface area (Å²) in [6, 6.07) is 5.85. The molecule has 4 nitrogen and oxygen atoms in total. The standard InChI is InChI=1S/C15H18ClN3O/c1-9(2)13-14(16)17-8-18-15(13)19-12-6-5-11(20-4)7-10(12)3/h5-9H,1-4H3,(H,17,18,19). The lowest BCUT2D eigenvalue weighted by molar-refractivity contribution is 0.414. The normalized spacial score (nSPS) is 10.7. The molecule has 1 heterocycles. The van der Waals surface area contributed by atoms with Crippen molar-refractivity contribution < 1.29 is 4.74 Å². The van der Waals surface area contributed by atoms with E-state index in [0.29, 0.717) is 5.15 Å². The number of nitrogens with zero attached hydrogens (tertiary/aromatic N) is 2. The minimum absolute atomic E-state index is 0.241. The molecule has 0 aliphatic carbocycles. The van der Waals surface area contributed by atoms with E-state index in [4.69, 9.17) is 16.3 Å². The largest absolute Gasteiger partial charge is 0.497 e. The lowest BCUT2D eigenvalue weighted by Crippen LogP contribution is -2.04. The maximum Gasteiger partial charge on any atom is 0.138 e. The van der Waals surface area contributed by atoms with Crippen molar-refractivity contribution in [3.63, 3.8) is 0 Å². The average Bonchev–Trinajstić information content (AvgIpc) is 2.40. The van der Waals surface area contributed by atoms with Gasteiger partial charge in [-0.15, -0.1) is 0 Å². The Hall–Kier alpha value is -1.81. The SMILES string of the molecule is COc1ccc(Nc2ncnc(Cl)c2C(C)C)c(C)c1. The molecule has 106 valence electrons. The second-order valence-corrected chi connectivity index (χ2v) is 5.25. The van der Waals surface area contributed by atoms with E-state index < -0.39 is 0 Å². The van der Waals surface area contributed by atoms with Crippen LogP contribution in [0.2, 0.25) is 5.15 Å². The van der Waals surface area contributed by atoms with Crippen LogP contribution in [0.15, 0.2) is 24.5 Å². The number of ether oxygens (including phenoxy) is 1. The average molecular weight is 292 g/mol. The Labute approximate surface area is 124 Å². The van der Waals surface area contributed by atoms with Gasteiger partial charge in [0.25, 0.3) is 0 Å². The number of hydrogen-bond donors (Lipinski definition) is 1. The number of rotatable bonds is 4. The van der Waals surface area contributed by atoms with Crippen LogP contribution in [0, 0.1) is 6.92 Å². The molecule has 0 atom stereocenters. The Balaban J connectivity index is 2.38. The van der Waals surface area contributed by atoms with Crippen molar-refractivity contribution in [2.24, 2.45) is 0 Å². The summed E-state index contributed by atoms with van der Waals surface area (Å²) in [6.45, 7) is 6.15. The molecule has 0 spiro atoms. The molecule has 5 heteroatoms. The highest BCUT2D eigenvalue weighted by molar-refractivity contribution is 6.30. The first-order chi connectivity index (χ1) is 9.52. The predicted molar refractivity (Wildman–Crippen MR) is 82.1 cm³/mol. The van der Waals surface area contributed by atoms with Crippen molar-refractivity contribution in [2.45, 2.75) is 26.7 Å². The van der Waals surface area contributed by atoms with Crippen LogP contribution in [-0.2, 0) is 0 Å². The Morgan fingerprint density at radius 1 is 1.25 bits per heavy atom. The van der Waals surface area contributed by atoms with E-state index in [0.717, 1.165) is 28.4 Å². The van der Waals surface area contributed by atoms with Gasteiger partial charge in [0.1, 0.15) is 23.0 Å². The molecular weight excluding hydrogens is 274 g/mol. The number of nitrogens with one attached hydrogen (secondary N) is 1. The van der Waals surface area contributed by atoms with E-state index in [1.165, 1.54) is 6.33 Å². The summed E-state index contributed by atoms with van der Waals surface area (Å²) in [5.41, 5.74) is 2.97. The smallest absolute Gasteiger partial charge is 0.138 e. The molecule has 0 saturated heterocycles. The topological polar surface area (TPSA) is 47.0 Å². The maximum absolute atomic E-state index is 6.17. The zero-order chi connectivity index (χ0) is 14.7. The molecular formula is C15H18ClN3O. The van der Waals surface area contributed by atoms with Gasteiger partial charge in [0, 0.05) is 11.3 Å². The second kappa shape index (κ2) is 6.09. The van der Waals surface area contributed by atoms with Gasteiger partial charge in [0.05, 0.1) is 7.11 Å². The van der Waals surface area contributed by atoms with E-state index in [-0.39, 0.29) is 5.92 Å². The van der Waals surface area contributed by atoms with Gasteiger partial charge in [-0.1, -0.05) is 25.4 Å². The Kier molecular flexibility index (Phi) is 4.45. The van der Waals surface area contributed by atoms with Crippen LogP contribution in [0.3, 0.4) is 0 Å². The van der Waals surface area contributed by atoms with Crippen LogP contribution < -0.4 is 10.1 Å². The quantitative estimate of drug-likeness (QED) is 0.853. The summed E-state index contributed by atoms with van der Waals surface area (Å²) in [5.74, 6) is 1.82. The zero-order valence-electron chi connectivity index (χ0n) is 12.1. The maximum atomic E-state index is 6.17. The number of hydrogen-bond acceptors (Lipinski definition) is 4. The molecule has 0 fully saturated rings. The first kappa shape index (κ1) is 14.6. The van der Waals surface area contributed by atoms with Crippen molar-refractivity contribution >= 4 is 23.1 Å². The number of benzene rings is 1. The van der Waals surface area contributed by atoms with Crippen molar-refractivity contribution in [3.8, 4) is 5.75 Å². The molecule has 0 aliphatic heterocycles. The summed E-state index contributed by atoms with van der Waals surface area (Å²) in [4.78, 5) is 8.35. The van der Waals surface area contributed by atoms with Gasteiger partial charge in [-0.3, -0.25) is 0 Å². The first-order valence-electron chi connectivity index (χ1n) is 6.45. The van der Waals surface area contributed by atoms with Crippen LogP contribution in [0.25, 0.3) is 0 Å². The summed E-state index contributed by atoms with van der Waals surface area (Å²) < 4.78 is 5.21. The molecule has 2 rings (SSSR count). The van der Waals surface area contributed by atoms with Crippen LogP contribution in [0.5, 0.6) is 5.75 Å². The van der Waals surface area contributed by atoms with Crippen LogP contribution in [0.1, 0.15) is 30.9 Å². The van der Waals surface area contributed by atoms with Gasteiger partial charge in [0.2, 0.25) is 0 Å². The number of aromatic nitrogens is 2. The van der Waals surface area contributed by atoms with E-state index >= 15 is 0 Å². The number of anilines is 2. The molecule has 1 aromatic heterocycles. The van der Waals surface area contributed by atoms with Gasteiger partial charge >= 0.3 is 0 Å². The zero-order valence-corrected chi connectivity index (χ0v) is 12.8. The van der Waals surface area contributed by atoms with Crippen molar-refractivity contribution in [3.05, 3.63) is 40.8 Å². The Bertz CT molecular complexity index is 614. The molecule has 0 bridgehead atoms. The molecule has 0 radical (unpaired) electrons. The highest BCUT2D eigenvalue weighted by atomic mass is 35.5. The second-order valence-electron chi connectivity index (χ2n) is 4.89. The fourth-order valence-corrected chi connectivity index (χ4v) is 2.37. The van der Waals surface area contributed by atoms with Crippen LogP contribution in [0.4, 0.5) is 11.5 Å². The Morgan fingerprint density at radius 2 is 2.00 bits per heavy atom. The van der Waals surface area contributed by atoms with Gasteiger partial charge in [0.15, 0.2) is 0 Å². The third-order valence-corrected chi connectivity index (χ3v) is 3.40. The number of aryl methyl sites for hydroxylation is 1. The first-order valence-corrected chi connectivity index (χ1v) is 6.82. The number of methoxy groups -OCH3 is 1. The molecule has 0 unspecified atom stereocenters. The summed E-state index contributed by atoms with van der Waals surface area (Å²) in [7, 11) is 1.66. The minimum Gasteiger partial charge on any atom is -0.497 e. The van der Waals surface area contributed by atoms with Crippen LogP contribution >= 0.6 is 11.6 Å². The highest BCUT2D eigenvalue weighted by Crippen LogP contribution is 2.31. The molecule has 20 heavy (non-hydrogen) atoms. The highest BCUT2D eigenvalue weighted by Gasteiger charge is 2.14. The third-order valence-electron chi connectivity index (χ3n) is 3.10. The van der Waals surface area contributed by atoms with Gasteiger partial charge < -0.3 is 10.1 Å². The fraction of sp³-hybridized carbons (Fsp3) is 0.333. The monoisotopic (exact) mass is 291 g/mol. The number of halogens is 1.